The Morgan fingerprint density at radius 1 is 1.26 bits per heavy atom. The van der Waals surface area contributed by atoms with Gasteiger partial charge in [0, 0.05) is 22.7 Å². The molecule has 0 aromatic carbocycles. The number of nitrogens with two attached hydrogens (primary N) is 1. The monoisotopic (exact) mass is 289 g/mol. The van der Waals surface area contributed by atoms with E-state index in [1.807, 2.05) is 0 Å². The standard InChI is InChI=1S/C12H11N5S2/c1-2-7-6-8-9(18-7)16-11(13)17-10(8)19-12-14-4-3-5-15-12/h3-6H,2H2,1H3,(H2,13,16,17). The third kappa shape index (κ3) is 2.52. The number of anilines is 1. The summed E-state index contributed by atoms with van der Waals surface area (Å²) in [5, 5.41) is 2.49. The minimum absolute atomic E-state index is 0.287. The predicted molar refractivity (Wildman–Crippen MR) is 77.4 cm³/mol. The first-order valence-corrected chi connectivity index (χ1v) is 7.40. The molecule has 96 valence electrons. The highest BCUT2D eigenvalue weighted by molar-refractivity contribution is 7.99. The van der Waals surface area contributed by atoms with Gasteiger partial charge in [0.1, 0.15) is 9.86 Å². The van der Waals surface area contributed by atoms with E-state index in [0.29, 0.717) is 5.16 Å². The number of nitrogens with zero attached hydrogens (tertiary/aromatic N) is 4. The maximum absolute atomic E-state index is 5.76. The molecule has 0 aliphatic rings. The van der Waals surface area contributed by atoms with Crippen molar-refractivity contribution in [1.82, 2.24) is 19.9 Å². The Labute approximate surface area is 118 Å². The lowest BCUT2D eigenvalue weighted by Crippen LogP contribution is -1.96. The fraction of sp³-hybridized carbons (Fsp3) is 0.167. The largest absolute Gasteiger partial charge is 0.368 e. The van der Waals surface area contributed by atoms with Crippen LogP contribution in [-0.2, 0) is 6.42 Å². The second-order valence-electron chi connectivity index (χ2n) is 3.81. The molecule has 0 saturated heterocycles. The number of hydrogen-bond donors (Lipinski definition) is 1. The fourth-order valence-electron chi connectivity index (χ4n) is 1.64. The lowest BCUT2D eigenvalue weighted by Gasteiger charge is -2.01. The molecule has 19 heavy (non-hydrogen) atoms. The van der Waals surface area contributed by atoms with Crippen LogP contribution in [0.15, 0.2) is 34.7 Å². The van der Waals surface area contributed by atoms with Crippen molar-refractivity contribution in [2.45, 2.75) is 23.5 Å². The summed E-state index contributed by atoms with van der Waals surface area (Å²) in [5.41, 5.74) is 5.76. The molecule has 0 bridgehead atoms. The van der Waals surface area contributed by atoms with Crippen LogP contribution in [0, 0.1) is 0 Å². The maximum atomic E-state index is 5.76. The van der Waals surface area contributed by atoms with Crippen LogP contribution in [0.3, 0.4) is 0 Å². The quantitative estimate of drug-likeness (QED) is 0.590. The van der Waals surface area contributed by atoms with Crippen LogP contribution in [0.25, 0.3) is 10.2 Å². The van der Waals surface area contributed by atoms with Crippen molar-refractivity contribution in [3.8, 4) is 0 Å². The number of fused-ring (bicyclic) bond motifs is 1. The molecule has 0 saturated carbocycles. The molecule has 5 nitrogen and oxygen atoms in total. The van der Waals surface area contributed by atoms with Crippen LogP contribution in [0.2, 0.25) is 0 Å². The molecule has 2 N–H and O–H groups in total. The normalized spacial score (nSPS) is 11.0. The Bertz CT molecular complexity index is 711. The van der Waals surface area contributed by atoms with E-state index < -0.39 is 0 Å². The Balaban J connectivity index is 2.09. The Morgan fingerprint density at radius 2 is 2.05 bits per heavy atom. The smallest absolute Gasteiger partial charge is 0.222 e. The van der Waals surface area contributed by atoms with Crippen molar-refractivity contribution in [1.29, 1.82) is 0 Å². The van der Waals surface area contributed by atoms with Gasteiger partial charge in [-0.2, -0.15) is 0 Å². The van der Waals surface area contributed by atoms with Gasteiger partial charge in [0.15, 0.2) is 5.16 Å². The molecule has 3 rings (SSSR count). The van der Waals surface area contributed by atoms with Crippen LogP contribution >= 0.6 is 23.1 Å². The minimum Gasteiger partial charge on any atom is -0.368 e. The van der Waals surface area contributed by atoms with Gasteiger partial charge < -0.3 is 5.73 Å². The van der Waals surface area contributed by atoms with E-state index in [9.17, 15) is 0 Å². The Hall–Kier alpha value is -1.73. The fourth-order valence-corrected chi connectivity index (χ4v) is 3.48. The van der Waals surface area contributed by atoms with Gasteiger partial charge in [-0.3, -0.25) is 0 Å². The number of aromatic nitrogens is 4. The van der Waals surface area contributed by atoms with Crippen LogP contribution in [0.1, 0.15) is 11.8 Å². The van der Waals surface area contributed by atoms with Crippen molar-refractivity contribution < 1.29 is 0 Å². The summed E-state index contributed by atoms with van der Waals surface area (Å²) in [6.07, 6.45) is 4.40. The zero-order chi connectivity index (χ0) is 13.2. The number of hydrogen-bond acceptors (Lipinski definition) is 7. The minimum atomic E-state index is 0.287. The molecule has 7 heteroatoms. The van der Waals surface area contributed by atoms with Crippen molar-refractivity contribution in [3.63, 3.8) is 0 Å². The summed E-state index contributed by atoms with van der Waals surface area (Å²) in [4.78, 5) is 19.1. The van der Waals surface area contributed by atoms with Crippen molar-refractivity contribution in [3.05, 3.63) is 29.4 Å². The summed E-state index contributed by atoms with van der Waals surface area (Å²) in [6.45, 7) is 2.12. The van der Waals surface area contributed by atoms with E-state index in [-0.39, 0.29) is 5.95 Å². The van der Waals surface area contributed by atoms with E-state index in [2.05, 4.69) is 32.9 Å². The van der Waals surface area contributed by atoms with Gasteiger partial charge >= 0.3 is 0 Å². The topological polar surface area (TPSA) is 77.6 Å². The highest BCUT2D eigenvalue weighted by Gasteiger charge is 2.12. The maximum Gasteiger partial charge on any atom is 0.222 e. The first-order chi connectivity index (χ1) is 9.26. The second-order valence-corrected chi connectivity index (χ2v) is 5.88. The lowest BCUT2D eigenvalue weighted by atomic mass is 10.3. The molecule has 0 aliphatic heterocycles. The Morgan fingerprint density at radius 3 is 2.79 bits per heavy atom. The molecule has 0 spiro atoms. The van der Waals surface area contributed by atoms with Gasteiger partial charge in [-0.25, -0.2) is 19.9 Å². The van der Waals surface area contributed by atoms with Gasteiger partial charge in [0.2, 0.25) is 5.95 Å². The van der Waals surface area contributed by atoms with Crippen molar-refractivity contribution in [2.75, 3.05) is 5.73 Å². The molecular formula is C12H11N5S2. The number of aryl methyl sites for hydroxylation is 1. The van der Waals surface area contributed by atoms with Gasteiger partial charge in [0.05, 0.1) is 0 Å². The van der Waals surface area contributed by atoms with Crippen LogP contribution in [-0.4, -0.2) is 19.9 Å². The van der Waals surface area contributed by atoms with Crippen molar-refractivity contribution in [2.24, 2.45) is 0 Å². The third-order valence-electron chi connectivity index (χ3n) is 2.50. The molecule has 3 heterocycles. The predicted octanol–water partition coefficient (Wildman–Crippen LogP) is 2.78. The van der Waals surface area contributed by atoms with Crippen LogP contribution in [0.4, 0.5) is 5.95 Å². The summed E-state index contributed by atoms with van der Waals surface area (Å²) in [6, 6.07) is 3.90. The van der Waals surface area contributed by atoms with E-state index in [1.54, 1.807) is 29.8 Å². The molecule has 0 fully saturated rings. The molecule has 0 aliphatic carbocycles. The highest BCUT2D eigenvalue weighted by atomic mass is 32.2. The van der Waals surface area contributed by atoms with Crippen LogP contribution in [0.5, 0.6) is 0 Å². The summed E-state index contributed by atoms with van der Waals surface area (Å²) >= 11 is 3.06. The molecular weight excluding hydrogens is 278 g/mol. The Kier molecular flexibility index (Phi) is 3.31. The van der Waals surface area contributed by atoms with Gasteiger partial charge in [0.25, 0.3) is 0 Å². The summed E-state index contributed by atoms with van der Waals surface area (Å²) in [7, 11) is 0. The number of nitrogen functional groups attached to an aromatic ring is 1. The van der Waals surface area contributed by atoms with Gasteiger partial charge in [-0.1, -0.05) is 6.92 Å². The SMILES string of the molecule is CCc1cc2c(Sc3ncccn3)nc(N)nc2s1. The molecule has 0 radical (unpaired) electrons. The van der Waals surface area contributed by atoms with E-state index in [4.69, 9.17) is 5.73 Å². The van der Waals surface area contributed by atoms with Gasteiger partial charge in [-0.05, 0) is 30.3 Å². The second kappa shape index (κ2) is 5.10. The number of thiophene rings is 1. The average Bonchev–Trinajstić information content (AvgIpc) is 2.83. The third-order valence-corrected chi connectivity index (χ3v) is 4.58. The first kappa shape index (κ1) is 12.3. The summed E-state index contributed by atoms with van der Waals surface area (Å²) < 4.78 is 0. The summed E-state index contributed by atoms with van der Waals surface area (Å²) in [5.74, 6) is 0.287. The van der Waals surface area contributed by atoms with E-state index in [0.717, 1.165) is 21.7 Å². The highest BCUT2D eigenvalue weighted by Crippen LogP contribution is 2.34. The van der Waals surface area contributed by atoms with Crippen molar-refractivity contribution >= 4 is 39.3 Å². The molecule has 0 unspecified atom stereocenters. The molecule has 0 amide bonds. The lowest BCUT2D eigenvalue weighted by molar-refractivity contribution is 0.962. The molecule has 3 aromatic heterocycles. The van der Waals surface area contributed by atoms with Crippen LogP contribution < -0.4 is 5.73 Å². The molecule has 3 aromatic rings. The van der Waals surface area contributed by atoms with Gasteiger partial charge in [-0.15, -0.1) is 11.3 Å². The first-order valence-electron chi connectivity index (χ1n) is 5.77. The average molecular weight is 289 g/mol. The van der Waals surface area contributed by atoms with E-state index in [1.165, 1.54) is 16.6 Å². The zero-order valence-electron chi connectivity index (χ0n) is 10.2. The zero-order valence-corrected chi connectivity index (χ0v) is 11.8. The number of rotatable bonds is 3. The van der Waals surface area contributed by atoms with E-state index >= 15 is 0 Å². The molecule has 0 atom stereocenters.